The monoisotopic (exact) mass is 311 g/mol. The van der Waals surface area contributed by atoms with E-state index in [1.54, 1.807) is 14.2 Å². The smallest absolute Gasteiger partial charge is 0.160 e. The summed E-state index contributed by atoms with van der Waals surface area (Å²) >= 11 is 0. The molecule has 1 atom stereocenters. The van der Waals surface area contributed by atoms with Crippen molar-refractivity contribution in [2.24, 2.45) is 0 Å². The summed E-state index contributed by atoms with van der Waals surface area (Å²) in [4.78, 5) is 2.52. The number of ether oxygens (including phenoxy) is 2. The Morgan fingerprint density at radius 1 is 1.04 bits per heavy atom. The molecular weight excluding hydrogens is 290 g/mol. The first-order valence-corrected chi connectivity index (χ1v) is 7.99. The molecule has 0 amide bonds. The molecule has 1 unspecified atom stereocenters. The Bertz CT molecular complexity index is 757. The van der Waals surface area contributed by atoms with Crippen molar-refractivity contribution >= 4 is 0 Å². The summed E-state index contributed by atoms with van der Waals surface area (Å²) < 4.78 is 10.6. The van der Waals surface area contributed by atoms with Gasteiger partial charge in [-0.1, -0.05) is 6.07 Å². The second-order valence-corrected chi connectivity index (χ2v) is 6.30. The number of fused-ring (bicyclic) bond motifs is 4. The number of nitrogens with zero attached hydrogens (tertiary/aromatic N) is 1. The lowest BCUT2D eigenvalue weighted by Gasteiger charge is -2.41. The van der Waals surface area contributed by atoms with Gasteiger partial charge in [0.2, 0.25) is 0 Å². The average Bonchev–Trinajstić information content (AvgIpc) is 2.59. The predicted octanol–water partition coefficient (Wildman–Crippen LogP) is 3.06. The van der Waals surface area contributed by atoms with E-state index in [1.807, 2.05) is 18.2 Å². The summed E-state index contributed by atoms with van der Waals surface area (Å²) in [6, 6.07) is 10.6. The first-order chi connectivity index (χ1) is 11.2. The minimum absolute atomic E-state index is 0.227. The van der Waals surface area contributed by atoms with Crippen LogP contribution < -0.4 is 9.47 Å². The van der Waals surface area contributed by atoms with Crippen LogP contribution in [0.1, 0.15) is 28.3 Å². The molecule has 2 aliphatic rings. The molecule has 4 heteroatoms. The van der Waals surface area contributed by atoms with Crippen LogP contribution in [0, 0.1) is 0 Å². The van der Waals surface area contributed by atoms with Crippen LogP contribution >= 0.6 is 0 Å². The van der Waals surface area contributed by atoms with E-state index < -0.39 is 0 Å². The molecule has 2 aromatic rings. The van der Waals surface area contributed by atoms with Gasteiger partial charge in [0.15, 0.2) is 11.5 Å². The largest absolute Gasteiger partial charge is 0.504 e. The Kier molecular flexibility index (Phi) is 3.42. The Balaban J connectivity index is 1.72. The van der Waals surface area contributed by atoms with E-state index in [1.165, 1.54) is 22.3 Å². The highest BCUT2D eigenvalue weighted by molar-refractivity contribution is 5.49. The number of phenols is 1. The lowest BCUT2D eigenvalue weighted by molar-refractivity contribution is 0.160. The van der Waals surface area contributed by atoms with E-state index >= 15 is 0 Å². The minimum Gasteiger partial charge on any atom is -0.504 e. The summed E-state index contributed by atoms with van der Waals surface area (Å²) in [6.07, 6.45) is 1.97. The molecule has 0 saturated heterocycles. The van der Waals surface area contributed by atoms with Crippen molar-refractivity contribution in [2.75, 3.05) is 20.8 Å². The Labute approximate surface area is 136 Å². The van der Waals surface area contributed by atoms with E-state index in [4.69, 9.17) is 9.47 Å². The van der Waals surface area contributed by atoms with Crippen LogP contribution in [-0.4, -0.2) is 30.8 Å². The van der Waals surface area contributed by atoms with E-state index in [0.29, 0.717) is 11.8 Å². The van der Waals surface area contributed by atoms with Crippen molar-refractivity contribution < 1.29 is 14.6 Å². The highest BCUT2D eigenvalue weighted by Crippen LogP contribution is 2.41. The lowest BCUT2D eigenvalue weighted by Crippen LogP contribution is -2.39. The first-order valence-electron chi connectivity index (χ1n) is 7.99. The maximum Gasteiger partial charge on any atom is 0.160 e. The van der Waals surface area contributed by atoms with Gasteiger partial charge in [0.1, 0.15) is 5.75 Å². The van der Waals surface area contributed by atoms with Crippen molar-refractivity contribution in [1.29, 1.82) is 0 Å². The van der Waals surface area contributed by atoms with Gasteiger partial charge in [-0.25, -0.2) is 0 Å². The molecule has 4 nitrogen and oxygen atoms in total. The summed E-state index contributed by atoms with van der Waals surface area (Å²) in [5, 5.41) is 10.1. The van der Waals surface area contributed by atoms with E-state index in [-0.39, 0.29) is 5.75 Å². The highest BCUT2D eigenvalue weighted by atomic mass is 16.5. The fraction of sp³-hybridized carbons (Fsp3) is 0.368. The van der Waals surface area contributed by atoms with Crippen LogP contribution in [0.4, 0.5) is 0 Å². The van der Waals surface area contributed by atoms with Gasteiger partial charge in [-0.05, 0) is 59.4 Å². The van der Waals surface area contributed by atoms with Gasteiger partial charge < -0.3 is 14.6 Å². The van der Waals surface area contributed by atoms with Crippen molar-refractivity contribution in [3.8, 4) is 17.2 Å². The van der Waals surface area contributed by atoms with Gasteiger partial charge >= 0.3 is 0 Å². The zero-order chi connectivity index (χ0) is 16.0. The molecule has 0 radical (unpaired) electrons. The van der Waals surface area contributed by atoms with Crippen molar-refractivity contribution in [3.05, 3.63) is 52.6 Å². The van der Waals surface area contributed by atoms with Crippen LogP contribution in [0.5, 0.6) is 17.2 Å². The SMILES string of the molecule is COc1ccc2c(c1)CCN1Cc3cc(OC)c(O)cc3CC21. The number of phenolic OH excluding ortho intramolecular Hbond substituents is 1. The van der Waals surface area contributed by atoms with Crippen LogP contribution in [0.2, 0.25) is 0 Å². The fourth-order valence-electron chi connectivity index (χ4n) is 3.88. The number of rotatable bonds is 2. The standard InChI is InChI=1S/C19H21NO3/c1-22-15-3-4-16-12(7-15)5-6-20-11-14-10-19(23-2)18(21)9-13(14)8-17(16)20/h3-4,7,9-10,17,21H,5-6,8,11H2,1-2H3. The zero-order valence-corrected chi connectivity index (χ0v) is 13.5. The summed E-state index contributed by atoms with van der Waals surface area (Å²) in [6.45, 7) is 1.95. The van der Waals surface area contributed by atoms with Crippen LogP contribution in [0.25, 0.3) is 0 Å². The number of aromatic hydroxyl groups is 1. The van der Waals surface area contributed by atoms with E-state index in [0.717, 1.165) is 31.7 Å². The molecule has 1 N–H and O–H groups in total. The molecular formula is C19H21NO3. The highest BCUT2D eigenvalue weighted by Gasteiger charge is 2.32. The number of hydrogen-bond donors (Lipinski definition) is 1. The first kappa shape index (κ1) is 14.4. The number of hydrogen-bond acceptors (Lipinski definition) is 4. The third kappa shape index (κ3) is 2.34. The Morgan fingerprint density at radius 3 is 2.70 bits per heavy atom. The molecule has 2 aliphatic heterocycles. The van der Waals surface area contributed by atoms with Crippen molar-refractivity contribution in [1.82, 2.24) is 4.90 Å². The summed E-state index contributed by atoms with van der Waals surface area (Å²) in [5.41, 5.74) is 5.24. The van der Waals surface area contributed by atoms with Gasteiger partial charge in [-0.2, -0.15) is 0 Å². The Hall–Kier alpha value is -2.20. The third-order valence-electron chi connectivity index (χ3n) is 5.11. The molecule has 0 fully saturated rings. The summed E-state index contributed by atoms with van der Waals surface area (Å²) in [7, 11) is 3.31. The second kappa shape index (κ2) is 5.46. The quantitative estimate of drug-likeness (QED) is 0.925. The number of benzene rings is 2. The van der Waals surface area contributed by atoms with Gasteiger partial charge in [-0.15, -0.1) is 0 Å². The van der Waals surface area contributed by atoms with Crippen LogP contribution in [-0.2, 0) is 19.4 Å². The van der Waals surface area contributed by atoms with Crippen LogP contribution in [0.15, 0.2) is 30.3 Å². The normalized spacial score (nSPS) is 19.5. The molecule has 23 heavy (non-hydrogen) atoms. The molecule has 2 aromatic carbocycles. The molecule has 2 heterocycles. The molecule has 0 aromatic heterocycles. The van der Waals surface area contributed by atoms with Gasteiger partial charge in [0.25, 0.3) is 0 Å². The van der Waals surface area contributed by atoms with Crippen molar-refractivity contribution in [2.45, 2.75) is 25.4 Å². The maximum absolute atomic E-state index is 10.1. The minimum atomic E-state index is 0.227. The Morgan fingerprint density at radius 2 is 1.91 bits per heavy atom. The molecule has 0 aliphatic carbocycles. The number of methoxy groups -OCH3 is 2. The second-order valence-electron chi connectivity index (χ2n) is 6.30. The lowest BCUT2D eigenvalue weighted by atomic mass is 9.84. The molecule has 0 bridgehead atoms. The van der Waals surface area contributed by atoms with Crippen molar-refractivity contribution in [3.63, 3.8) is 0 Å². The molecule has 0 saturated carbocycles. The predicted molar refractivity (Wildman–Crippen MR) is 88.2 cm³/mol. The third-order valence-corrected chi connectivity index (χ3v) is 5.11. The van der Waals surface area contributed by atoms with Gasteiger partial charge in [0, 0.05) is 19.1 Å². The summed E-state index contributed by atoms with van der Waals surface area (Å²) in [5.74, 6) is 1.71. The average molecular weight is 311 g/mol. The molecule has 120 valence electrons. The molecule has 0 spiro atoms. The zero-order valence-electron chi connectivity index (χ0n) is 13.5. The van der Waals surface area contributed by atoms with Gasteiger partial charge in [-0.3, -0.25) is 4.90 Å². The van der Waals surface area contributed by atoms with E-state index in [9.17, 15) is 5.11 Å². The van der Waals surface area contributed by atoms with Gasteiger partial charge in [0.05, 0.1) is 14.2 Å². The van der Waals surface area contributed by atoms with E-state index in [2.05, 4.69) is 17.0 Å². The maximum atomic E-state index is 10.1. The fourth-order valence-corrected chi connectivity index (χ4v) is 3.88. The topological polar surface area (TPSA) is 41.9 Å². The molecule has 4 rings (SSSR count). The van der Waals surface area contributed by atoms with Crippen LogP contribution in [0.3, 0.4) is 0 Å².